The van der Waals surface area contributed by atoms with E-state index in [2.05, 4.69) is 0 Å². The van der Waals surface area contributed by atoms with Gasteiger partial charge in [0.25, 0.3) is 0 Å². The lowest BCUT2D eigenvalue weighted by molar-refractivity contribution is 0.0932. The zero-order valence-corrected chi connectivity index (χ0v) is 8.98. The maximum Gasteiger partial charge on any atom is 0.180 e. The van der Waals surface area contributed by atoms with Crippen LogP contribution in [0.4, 0.5) is 4.39 Å². The summed E-state index contributed by atoms with van der Waals surface area (Å²) in [7, 11) is 1.66. The van der Waals surface area contributed by atoms with E-state index in [1.54, 1.807) is 11.9 Å². The Kier molecular flexibility index (Phi) is 4.39. The second kappa shape index (κ2) is 5.58. The molecule has 0 aromatic heterocycles. The number of hydrogen-bond acceptors (Lipinski definition) is 4. The molecule has 0 unspecified atom stereocenters. The molecule has 0 atom stereocenters. The van der Waals surface area contributed by atoms with Crippen LogP contribution in [0.2, 0.25) is 0 Å². The summed E-state index contributed by atoms with van der Waals surface area (Å²) in [5.41, 5.74) is -0.0372. The number of aliphatic hydroxyl groups excluding tert-OH is 1. The first kappa shape index (κ1) is 12.6. The van der Waals surface area contributed by atoms with Crippen molar-refractivity contribution in [3.8, 4) is 5.75 Å². The van der Waals surface area contributed by atoms with E-state index in [9.17, 15) is 14.3 Å². The fourth-order valence-corrected chi connectivity index (χ4v) is 1.31. The Morgan fingerprint density at radius 2 is 2.19 bits per heavy atom. The Bertz CT molecular complexity index is 381. The van der Waals surface area contributed by atoms with Gasteiger partial charge in [-0.2, -0.15) is 0 Å². The molecule has 0 amide bonds. The van der Waals surface area contributed by atoms with Crippen LogP contribution in [0.3, 0.4) is 0 Å². The maximum atomic E-state index is 12.9. The Hall–Kier alpha value is -1.46. The molecule has 1 rings (SSSR count). The van der Waals surface area contributed by atoms with Gasteiger partial charge >= 0.3 is 0 Å². The molecule has 0 bridgehead atoms. The highest BCUT2D eigenvalue weighted by atomic mass is 19.1. The second-order valence-corrected chi connectivity index (χ2v) is 3.55. The van der Waals surface area contributed by atoms with Crippen molar-refractivity contribution in [3.63, 3.8) is 0 Å². The third kappa shape index (κ3) is 3.29. The van der Waals surface area contributed by atoms with Gasteiger partial charge in [-0.25, -0.2) is 4.39 Å². The fourth-order valence-electron chi connectivity index (χ4n) is 1.31. The zero-order valence-electron chi connectivity index (χ0n) is 8.98. The molecule has 0 fully saturated rings. The summed E-state index contributed by atoms with van der Waals surface area (Å²) in [4.78, 5) is 13.2. The van der Waals surface area contributed by atoms with Gasteiger partial charge in [0.1, 0.15) is 11.6 Å². The van der Waals surface area contributed by atoms with Crippen molar-refractivity contribution in [3.05, 3.63) is 29.6 Å². The van der Waals surface area contributed by atoms with Crippen molar-refractivity contribution in [1.29, 1.82) is 0 Å². The van der Waals surface area contributed by atoms with E-state index in [-0.39, 0.29) is 30.2 Å². The van der Waals surface area contributed by atoms with Crippen LogP contribution in [0.1, 0.15) is 10.4 Å². The number of Topliss-reactive ketones (excluding diaryl/α,β-unsaturated/α-hetero) is 1. The molecule has 0 aliphatic carbocycles. The van der Waals surface area contributed by atoms with Gasteiger partial charge < -0.3 is 10.2 Å². The van der Waals surface area contributed by atoms with E-state index in [0.717, 1.165) is 18.2 Å². The molecule has 0 aliphatic heterocycles. The van der Waals surface area contributed by atoms with Gasteiger partial charge in [-0.1, -0.05) is 0 Å². The van der Waals surface area contributed by atoms with Crippen LogP contribution in [0, 0.1) is 5.82 Å². The molecule has 2 N–H and O–H groups in total. The Morgan fingerprint density at radius 3 is 2.81 bits per heavy atom. The lowest BCUT2D eigenvalue weighted by Gasteiger charge is -2.14. The first-order chi connectivity index (χ1) is 7.54. The molecule has 1 aromatic rings. The zero-order chi connectivity index (χ0) is 12.1. The normalized spacial score (nSPS) is 10.8. The van der Waals surface area contributed by atoms with E-state index in [1.165, 1.54) is 0 Å². The van der Waals surface area contributed by atoms with Crippen molar-refractivity contribution in [2.24, 2.45) is 0 Å². The van der Waals surface area contributed by atoms with E-state index >= 15 is 0 Å². The average molecular weight is 227 g/mol. The minimum Gasteiger partial charge on any atom is -0.507 e. The van der Waals surface area contributed by atoms with E-state index in [0.29, 0.717) is 6.54 Å². The van der Waals surface area contributed by atoms with Gasteiger partial charge in [0.05, 0.1) is 18.7 Å². The molecule has 4 nitrogen and oxygen atoms in total. The molecular weight excluding hydrogens is 213 g/mol. The number of carbonyl (C=O) groups excluding carboxylic acids is 1. The standard InChI is InChI=1S/C11H14FNO3/c1-13(4-5-14)7-11(16)9-6-8(12)2-3-10(9)15/h2-3,6,14-15H,4-5,7H2,1H3. The minimum absolute atomic E-state index is 0.0254. The first-order valence-corrected chi connectivity index (χ1v) is 4.85. The van der Waals surface area contributed by atoms with Crippen molar-refractivity contribution in [1.82, 2.24) is 4.90 Å². The van der Waals surface area contributed by atoms with Crippen LogP contribution in [-0.2, 0) is 0 Å². The third-order valence-electron chi connectivity index (χ3n) is 2.15. The highest BCUT2D eigenvalue weighted by Crippen LogP contribution is 2.18. The van der Waals surface area contributed by atoms with Crippen LogP contribution >= 0.6 is 0 Å². The number of nitrogens with zero attached hydrogens (tertiary/aromatic N) is 1. The largest absolute Gasteiger partial charge is 0.507 e. The van der Waals surface area contributed by atoms with Gasteiger partial charge in [0, 0.05) is 6.54 Å². The van der Waals surface area contributed by atoms with Gasteiger partial charge in [0.2, 0.25) is 0 Å². The predicted molar refractivity (Wildman–Crippen MR) is 57.0 cm³/mol. The molecular formula is C11H14FNO3. The van der Waals surface area contributed by atoms with E-state index < -0.39 is 5.82 Å². The molecule has 0 aliphatic rings. The van der Waals surface area contributed by atoms with Crippen molar-refractivity contribution < 1.29 is 19.4 Å². The summed E-state index contributed by atoms with van der Waals surface area (Å²) in [5.74, 6) is -1.18. The molecule has 0 saturated heterocycles. The van der Waals surface area contributed by atoms with Crippen LogP contribution in [-0.4, -0.2) is 47.6 Å². The first-order valence-electron chi connectivity index (χ1n) is 4.85. The van der Waals surface area contributed by atoms with Gasteiger partial charge in [-0.05, 0) is 25.2 Å². The topological polar surface area (TPSA) is 60.8 Å². The number of rotatable bonds is 5. The number of likely N-dealkylation sites (N-methyl/N-ethyl adjacent to an activating group) is 1. The monoisotopic (exact) mass is 227 g/mol. The molecule has 0 heterocycles. The summed E-state index contributed by atoms with van der Waals surface area (Å²) in [6, 6.07) is 3.24. The average Bonchev–Trinajstić information content (AvgIpc) is 2.21. The Balaban J connectivity index is 2.76. The summed E-state index contributed by atoms with van der Waals surface area (Å²) in [6.45, 7) is 0.318. The number of phenolic OH excluding ortho intramolecular Hbond substituents is 1. The third-order valence-corrected chi connectivity index (χ3v) is 2.15. The number of ketones is 1. The highest BCUT2D eigenvalue weighted by Gasteiger charge is 2.13. The number of phenols is 1. The van der Waals surface area contributed by atoms with Gasteiger partial charge in [-0.15, -0.1) is 0 Å². The highest BCUT2D eigenvalue weighted by molar-refractivity contribution is 5.99. The van der Waals surface area contributed by atoms with E-state index in [4.69, 9.17) is 5.11 Å². The number of benzene rings is 1. The fraction of sp³-hybridized carbons (Fsp3) is 0.364. The van der Waals surface area contributed by atoms with Crippen LogP contribution in [0.25, 0.3) is 0 Å². The predicted octanol–water partition coefficient (Wildman–Crippen LogP) is 0.638. The molecule has 0 spiro atoms. The van der Waals surface area contributed by atoms with E-state index in [1.807, 2.05) is 0 Å². The number of hydrogen-bond donors (Lipinski definition) is 2. The maximum absolute atomic E-state index is 12.9. The van der Waals surface area contributed by atoms with Gasteiger partial charge in [0.15, 0.2) is 5.78 Å². The summed E-state index contributed by atoms with van der Waals surface area (Å²) >= 11 is 0. The quantitative estimate of drug-likeness (QED) is 0.725. The van der Waals surface area contributed by atoms with Crippen LogP contribution in [0.5, 0.6) is 5.75 Å². The number of carbonyl (C=O) groups is 1. The lowest BCUT2D eigenvalue weighted by atomic mass is 10.1. The van der Waals surface area contributed by atoms with Crippen LogP contribution < -0.4 is 0 Å². The second-order valence-electron chi connectivity index (χ2n) is 3.55. The smallest absolute Gasteiger partial charge is 0.180 e. The van der Waals surface area contributed by atoms with Crippen molar-refractivity contribution in [2.75, 3.05) is 26.7 Å². The summed E-state index contributed by atoms with van der Waals surface area (Å²) in [6.07, 6.45) is 0. The SMILES string of the molecule is CN(CCO)CC(=O)c1cc(F)ccc1O. The van der Waals surface area contributed by atoms with Crippen LogP contribution in [0.15, 0.2) is 18.2 Å². The Labute approximate surface area is 92.9 Å². The molecule has 5 heteroatoms. The number of aliphatic hydroxyl groups is 1. The summed E-state index contributed by atoms with van der Waals surface area (Å²) in [5, 5.41) is 18.0. The molecule has 1 aromatic carbocycles. The number of aromatic hydroxyl groups is 1. The van der Waals surface area contributed by atoms with Crippen molar-refractivity contribution >= 4 is 5.78 Å². The lowest BCUT2D eigenvalue weighted by Crippen LogP contribution is -2.28. The Morgan fingerprint density at radius 1 is 1.50 bits per heavy atom. The summed E-state index contributed by atoms with van der Waals surface area (Å²) < 4.78 is 12.9. The van der Waals surface area contributed by atoms with Gasteiger partial charge in [-0.3, -0.25) is 9.69 Å². The molecule has 88 valence electrons. The number of halogens is 1. The molecule has 16 heavy (non-hydrogen) atoms. The molecule has 0 saturated carbocycles. The minimum atomic E-state index is -0.564. The van der Waals surface area contributed by atoms with Crippen molar-refractivity contribution in [2.45, 2.75) is 0 Å². The molecule has 0 radical (unpaired) electrons.